The zero-order chi connectivity index (χ0) is 18.3. The fourth-order valence-corrected chi connectivity index (χ4v) is 3.70. The van der Waals surface area contributed by atoms with E-state index >= 15 is 0 Å². The molecular formula is C15H15FN2O5S2. The summed E-state index contributed by atoms with van der Waals surface area (Å²) in [6, 6.07) is 8.54. The van der Waals surface area contributed by atoms with E-state index in [-0.39, 0.29) is 16.6 Å². The van der Waals surface area contributed by atoms with Crippen molar-refractivity contribution in [2.75, 3.05) is 13.2 Å². The second kappa shape index (κ2) is 8.70. The lowest BCUT2D eigenvalue weighted by molar-refractivity contribution is -0.147. The Hall–Kier alpha value is -2.30. The predicted molar refractivity (Wildman–Crippen MR) is 88.7 cm³/mol. The number of carbonyl (C=O) groups excluding carboxylic acids is 2. The second-order valence-electron chi connectivity index (χ2n) is 4.82. The molecule has 1 heterocycles. The number of sulfonamides is 1. The van der Waals surface area contributed by atoms with Crippen LogP contribution in [0.2, 0.25) is 0 Å². The minimum Gasteiger partial charge on any atom is -0.455 e. The molecule has 0 aliphatic carbocycles. The van der Waals surface area contributed by atoms with Crippen molar-refractivity contribution in [1.82, 2.24) is 10.0 Å². The van der Waals surface area contributed by atoms with E-state index in [2.05, 4.69) is 14.8 Å². The first-order chi connectivity index (χ1) is 11.9. The molecule has 134 valence electrons. The van der Waals surface area contributed by atoms with Crippen molar-refractivity contribution < 1.29 is 27.1 Å². The highest BCUT2D eigenvalue weighted by Crippen LogP contribution is 2.14. The van der Waals surface area contributed by atoms with Crippen LogP contribution in [-0.2, 0) is 30.9 Å². The Balaban J connectivity index is 1.69. The molecule has 0 aliphatic rings. The van der Waals surface area contributed by atoms with Crippen LogP contribution in [0.5, 0.6) is 0 Å². The summed E-state index contributed by atoms with van der Waals surface area (Å²) >= 11 is 1.01. The van der Waals surface area contributed by atoms with Crippen LogP contribution in [0.15, 0.2) is 46.0 Å². The molecule has 0 atom stereocenters. The maximum absolute atomic E-state index is 12.7. The van der Waals surface area contributed by atoms with Crippen molar-refractivity contribution in [2.45, 2.75) is 10.8 Å². The molecule has 1 aromatic heterocycles. The Kier molecular flexibility index (Phi) is 6.62. The maximum atomic E-state index is 12.7. The summed E-state index contributed by atoms with van der Waals surface area (Å²) in [6.07, 6.45) is 0. The van der Waals surface area contributed by atoms with E-state index < -0.39 is 35.1 Å². The van der Waals surface area contributed by atoms with Gasteiger partial charge in [0.15, 0.2) is 6.61 Å². The molecule has 0 spiro atoms. The average Bonchev–Trinajstić information content (AvgIpc) is 3.13. The van der Waals surface area contributed by atoms with Crippen molar-refractivity contribution in [3.8, 4) is 0 Å². The van der Waals surface area contributed by atoms with Gasteiger partial charge in [0.1, 0.15) is 16.6 Å². The van der Waals surface area contributed by atoms with Crippen molar-refractivity contribution in [1.29, 1.82) is 0 Å². The van der Waals surface area contributed by atoms with Crippen LogP contribution < -0.4 is 10.0 Å². The largest absolute Gasteiger partial charge is 0.455 e. The predicted octanol–water partition coefficient (Wildman–Crippen LogP) is 1.03. The number of benzene rings is 1. The van der Waals surface area contributed by atoms with E-state index in [1.165, 1.54) is 30.3 Å². The minimum atomic E-state index is -3.76. The van der Waals surface area contributed by atoms with E-state index in [4.69, 9.17) is 0 Å². The highest BCUT2D eigenvalue weighted by Gasteiger charge is 2.17. The van der Waals surface area contributed by atoms with E-state index in [1.807, 2.05) is 0 Å². The normalized spacial score (nSPS) is 11.1. The van der Waals surface area contributed by atoms with Gasteiger partial charge in [-0.05, 0) is 29.1 Å². The summed E-state index contributed by atoms with van der Waals surface area (Å²) in [5, 5.41) is 4.09. The molecule has 0 unspecified atom stereocenters. The Morgan fingerprint density at radius 3 is 2.52 bits per heavy atom. The van der Waals surface area contributed by atoms with Gasteiger partial charge in [-0.2, -0.15) is 4.72 Å². The summed E-state index contributed by atoms with van der Waals surface area (Å²) in [5.74, 6) is -1.81. The van der Waals surface area contributed by atoms with Gasteiger partial charge < -0.3 is 10.1 Å². The van der Waals surface area contributed by atoms with E-state index in [9.17, 15) is 22.4 Å². The van der Waals surface area contributed by atoms with Crippen LogP contribution in [0.25, 0.3) is 0 Å². The lowest BCUT2D eigenvalue weighted by Gasteiger charge is -2.07. The quantitative estimate of drug-likeness (QED) is 0.660. The lowest BCUT2D eigenvalue weighted by Crippen LogP contribution is -2.33. The third kappa shape index (κ3) is 6.25. The summed E-state index contributed by atoms with van der Waals surface area (Å²) in [5.41, 5.74) is 0.685. The average molecular weight is 386 g/mol. The third-order valence-corrected chi connectivity index (χ3v) is 5.73. The van der Waals surface area contributed by atoms with Crippen LogP contribution >= 0.6 is 11.3 Å². The highest BCUT2D eigenvalue weighted by atomic mass is 32.2. The lowest BCUT2D eigenvalue weighted by atomic mass is 10.2. The summed E-state index contributed by atoms with van der Waals surface area (Å²) < 4.78 is 43.2. The first-order valence-corrected chi connectivity index (χ1v) is 9.43. The first-order valence-electron chi connectivity index (χ1n) is 7.07. The van der Waals surface area contributed by atoms with Gasteiger partial charge in [0.2, 0.25) is 0 Å². The molecule has 0 radical (unpaired) electrons. The number of esters is 1. The number of carbonyl (C=O) groups is 2. The smallest absolute Gasteiger partial charge is 0.321 e. The van der Waals surface area contributed by atoms with Gasteiger partial charge in [-0.25, -0.2) is 12.8 Å². The Labute approximate surface area is 147 Å². The second-order valence-corrected chi connectivity index (χ2v) is 7.76. The molecular weight excluding hydrogens is 371 g/mol. The van der Waals surface area contributed by atoms with Gasteiger partial charge in [-0.3, -0.25) is 9.59 Å². The number of hydrogen-bond donors (Lipinski definition) is 2. The number of thiophene rings is 1. The fourth-order valence-electron chi connectivity index (χ4n) is 1.69. The molecule has 0 fully saturated rings. The molecule has 2 rings (SSSR count). The third-order valence-electron chi connectivity index (χ3n) is 2.93. The van der Waals surface area contributed by atoms with E-state index in [0.717, 1.165) is 11.3 Å². The maximum Gasteiger partial charge on any atom is 0.321 e. The van der Waals surface area contributed by atoms with Gasteiger partial charge in [0.05, 0.1) is 0 Å². The standard InChI is InChI=1S/C15H15FN2O5S2/c16-12-5-3-11(4-6-12)8-17-13(19)10-23-14(20)9-18-25(21,22)15-2-1-7-24-15/h1-7,18H,8-10H2,(H,17,19). The van der Waals surface area contributed by atoms with E-state index in [1.54, 1.807) is 11.4 Å². The van der Waals surface area contributed by atoms with Crippen molar-refractivity contribution in [2.24, 2.45) is 0 Å². The summed E-state index contributed by atoms with van der Waals surface area (Å²) in [4.78, 5) is 23.1. The molecule has 10 heteroatoms. The van der Waals surface area contributed by atoms with Crippen LogP contribution in [0.1, 0.15) is 5.56 Å². The fraction of sp³-hybridized carbons (Fsp3) is 0.200. The molecule has 25 heavy (non-hydrogen) atoms. The number of nitrogens with one attached hydrogen (secondary N) is 2. The molecule has 7 nitrogen and oxygen atoms in total. The first kappa shape index (κ1) is 19.0. The zero-order valence-electron chi connectivity index (χ0n) is 12.9. The highest BCUT2D eigenvalue weighted by molar-refractivity contribution is 7.91. The van der Waals surface area contributed by atoms with Gasteiger partial charge in [-0.1, -0.05) is 18.2 Å². The van der Waals surface area contributed by atoms with Gasteiger partial charge >= 0.3 is 5.97 Å². The molecule has 0 bridgehead atoms. The number of amides is 1. The van der Waals surface area contributed by atoms with Gasteiger partial charge in [0, 0.05) is 6.54 Å². The van der Waals surface area contributed by atoms with Crippen LogP contribution in [0, 0.1) is 5.82 Å². The van der Waals surface area contributed by atoms with Crippen molar-refractivity contribution >= 4 is 33.2 Å². The monoisotopic (exact) mass is 386 g/mol. The summed E-state index contributed by atoms with van der Waals surface area (Å²) in [6.45, 7) is -0.964. The van der Waals surface area contributed by atoms with Crippen LogP contribution in [0.3, 0.4) is 0 Å². The number of ether oxygens (including phenoxy) is 1. The molecule has 1 aromatic carbocycles. The van der Waals surface area contributed by atoms with Crippen LogP contribution in [-0.4, -0.2) is 33.4 Å². The van der Waals surface area contributed by atoms with Gasteiger partial charge in [-0.15, -0.1) is 11.3 Å². The van der Waals surface area contributed by atoms with Crippen molar-refractivity contribution in [3.05, 3.63) is 53.2 Å². The minimum absolute atomic E-state index is 0.0809. The molecule has 2 aromatic rings. The number of rotatable bonds is 8. The van der Waals surface area contributed by atoms with Crippen molar-refractivity contribution in [3.63, 3.8) is 0 Å². The number of hydrogen-bond acceptors (Lipinski definition) is 6. The summed E-state index contributed by atoms with van der Waals surface area (Å²) in [7, 11) is -3.76. The molecule has 2 N–H and O–H groups in total. The number of halogens is 1. The molecule has 0 saturated carbocycles. The Morgan fingerprint density at radius 1 is 1.16 bits per heavy atom. The molecule has 0 aliphatic heterocycles. The topological polar surface area (TPSA) is 102 Å². The van der Waals surface area contributed by atoms with E-state index in [0.29, 0.717) is 5.56 Å². The zero-order valence-corrected chi connectivity index (χ0v) is 14.5. The van der Waals surface area contributed by atoms with Crippen LogP contribution in [0.4, 0.5) is 4.39 Å². The van der Waals surface area contributed by atoms with Gasteiger partial charge in [0.25, 0.3) is 15.9 Å². The Morgan fingerprint density at radius 2 is 1.88 bits per heavy atom. The molecule has 0 saturated heterocycles. The molecule has 1 amide bonds. The Bertz CT molecular complexity index is 820. The SMILES string of the molecule is O=C(COC(=O)CNS(=O)(=O)c1cccs1)NCc1ccc(F)cc1.